The zero-order valence-electron chi connectivity index (χ0n) is 16.8. The van der Waals surface area contributed by atoms with Crippen LogP contribution in [-0.2, 0) is 11.3 Å². The minimum atomic E-state index is -0.545. The van der Waals surface area contributed by atoms with Crippen LogP contribution in [0.15, 0.2) is 41.1 Å². The molecule has 0 radical (unpaired) electrons. The molecule has 2 aromatic heterocycles. The van der Waals surface area contributed by atoms with Gasteiger partial charge in [0.2, 0.25) is 5.89 Å². The van der Waals surface area contributed by atoms with Gasteiger partial charge in [-0.1, -0.05) is 40.7 Å². The molecule has 0 aliphatic carbocycles. The van der Waals surface area contributed by atoms with Crippen LogP contribution in [0, 0.1) is 0 Å². The number of hydrogen-bond acceptors (Lipinski definition) is 7. The Bertz CT molecular complexity index is 976. The number of benzene rings is 1. The predicted octanol–water partition coefficient (Wildman–Crippen LogP) is 3.45. The molecule has 4 rings (SSSR count). The predicted molar refractivity (Wildman–Crippen MR) is 104 cm³/mol. The number of carbonyl (C=O) groups is 1. The maximum Gasteiger partial charge on any atom is 0.410 e. The first-order valence-electron chi connectivity index (χ1n) is 9.67. The van der Waals surface area contributed by atoms with Crippen LogP contribution in [0.3, 0.4) is 0 Å². The van der Waals surface area contributed by atoms with Crippen LogP contribution < -0.4 is 0 Å². The van der Waals surface area contributed by atoms with Gasteiger partial charge in [0, 0.05) is 12.1 Å². The average molecular weight is 396 g/mol. The second-order valence-corrected chi connectivity index (χ2v) is 8.05. The van der Waals surface area contributed by atoms with E-state index in [9.17, 15) is 4.79 Å². The third kappa shape index (κ3) is 4.44. The number of hydrogen-bond donors (Lipinski definition) is 0. The molecule has 1 aromatic carbocycles. The summed E-state index contributed by atoms with van der Waals surface area (Å²) in [6.45, 7) is 6.48. The van der Waals surface area contributed by atoms with Gasteiger partial charge in [-0.3, -0.25) is 4.90 Å². The molecule has 1 fully saturated rings. The zero-order valence-corrected chi connectivity index (χ0v) is 16.8. The molecular weight excluding hydrogens is 372 g/mol. The molecule has 1 saturated heterocycles. The third-order valence-electron chi connectivity index (χ3n) is 4.57. The van der Waals surface area contributed by atoms with Crippen molar-refractivity contribution in [2.24, 2.45) is 0 Å². The fourth-order valence-corrected chi connectivity index (χ4v) is 3.30. The summed E-state index contributed by atoms with van der Waals surface area (Å²) in [6.07, 6.45) is 3.13. The van der Waals surface area contributed by atoms with Gasteiger partial charge in [-0.25, -0.2) is 9.48 Å². The molecule has 0 N–H and O–H groups in total. The Balaban J connectivity index is 1.44. The van der Waals surface area contributed by atoms with Crippen molar-refractivity contribution in [3.8, 4) is 11.3 Å². The van der Waals surface area contributed by atoms with Gasteiger partial charge in [-0.2, -0.15) is 4.98 Å². The quantitative estimate of drug-likeness (QED) is 0.666. The van der Waals surface area contributed by atoms with Crippen LogP contribution in [0.1, 0.15) is 51.4 Å². The Kier molecular flexibility index (Phi) is 5.04. The first-order chi connectivity index (χ1) is 13.9. The van der Waals surface area contributed by atoms with E-state index in [4.69, 9.17) is 9.26 Å². The van der Waals surface area contributed by atoms with Crippen molar-refractivity contribution in [1.29, 1.82) is 0 Å². The lowest BCUT2D eigenvalue weighted by Crippen LogP contribution is -2.36. The van der Waals surface area contributed by atoms with Crippen molar-refractivity contribution in [3.05, 3.63) is 48.2 Å². The van der Waals surface area contributed by atoms with E-state index in [1.54, 1.807) is 9.58 Å². The first kappa shape index (κ1) is 19.1. The highest BCUT2D eigenvalue weighted by atomic mass is 16.6. The van der Waals surface area contributed by atoms with Crippen molar-refractivity contribution in [2.75, 3.05) is 6.54 Å². The van der Waals surface area contributed by atoms with E-state index in [0.717, 1.165) is 24.1 Å². The van der Waals surface area contributed by atoms with Gasteiger partial charge < -0.3 is 9.26 Å². The minimum absolute atomic E-state index is 0.238. The second-order valence-electron chi connectivity index (χ2n) is 8.05. The monoisotopic (exact) mass is 396 g/mol. The molecule has 1 atom stereocenters. The van der Waals surface area contributed by atoms with Crippen LogP contribution in [0.4, 0.5) is 4.79 Å². The van der Waals surface area contributed by atoms with Crippen LogP contribution >= 0.6 is 0 Å². The highest BCUT2D eigenvalue weighted by Gasteiger charge is 2.36. The number of aromatic nitrogens is 5. The molecule has 0 bridgehead atoms. The molecular formula is C20H24N6O3. The molecule has 1 amide bonds. The SMILES string of the molecule is CC(C)(C)OC(=O)N1CCC[C@H]1c1noc(Cn2cc(-c3ccccc3)nn2)n1. The van der Waals surface area contributed by atoms with Gasteiger partial charge in [0.1, 0.15) is 17.8 Å². The summed E-state index contributed by atoms with van der Waals surface area (Å²) in [5.41, 5.74) is 1.22. The van der Waals surface area contributed by atoms with Crippen molar-refractivity contribution < 1.29 is 14.1 Å². The van der Waals surface area contributed by atoms with Gasteiger partial charge in [0.15, 0.2) is 5.82 Å². The molecule has 0 spiro atoms. The molecule has 0 saturated carbocycles. The molecule has 1 aliphatic rings. The fourth-order valence-electron chi connectivity index (χ4n) is 3.30. The molecule has 152 valence electrons. The fraction of sp³-hybridized carbons (Fsp3) is 0.450. The van der Waals surface area contributed by atoms with Gasteiger partial charge in [0.25, 0.3) is 0 Å². The van der Waals surface area contributed by atoms with E-state index in [0.29, 0.717) is 24.8 Å². The topological polar surface area (TPSA) is 99.2 Å². The molecule has 9 heteroatoms. The number of amides is 1. The normalized spacial score (nSPS) is 16.9. The summed E-state index contributed by atoms with van der Waals surface area (Å²) in [6, 6.07) is 9.58. The summed E-state index contributed by atoms with van der Waals surface area (Å²) in [5, 5.41) is 12.4. The van der Waals surface area contributed by atoms with E-state index in [-0.39, 0.29) is 12.1 Å². The lowest BCUT2D eigenvalue weighted by molar-refractivity contribution is 0.0217. The summed E-state index contributed by atoms with van der Waals surface area (Å²) >= 11 is 0. The second kappa shape index (κ2) is 7.65. The number of carbonyl (C=O) groups excluding carboxylic acids is 1. The van der Waals surface area contributed by atoms with Gasteiger partial charge in [0.05, 0.1) is 12.2 Å². The van der Waals surface area contributed by atoms with Crippen molar-refractivity contribution in [2.45, 2.75) is 51.8 Å². The molecule has 29 heavy (non-hydrogen) atoms. The Labute approximate surface area is 168 Å². The van der Waals surface area contributed by atoms with E-state index < -0.39 is 5.60 Å². The number of nitrogens with zero attached hydrogens (tertiary/aromatic N) is 6. The average Bonchev–Trinajstić information content (AvgIpc) is 3.42. The van der Waals surface area contributed by atoms with E-state index >= 15 is 0 Å². The Morgan fingerprint density at radius 2 is 2.07 bits per heavy atom. The maximum absolute atomic E-state index is 12.5. The standard InChI is InChI=1S/C20H24N6O3/c1-20(2,3)28-19(27)26-11-7-10-16(26)18-21-17(29-23-18)13-25-12-15(22-24-25)14-8-5-4-6-9-14/h4-6,8-9,12,16H,7,10-11,13H2,1-3H3/t16-/m0/s1. The highest BCUT2D eigenvalue weighted by Crippen LogP contribution is 2.31. The van der Waals surface area contributed by atoms with Crippen LogP contribution in [0.25, 0.3) is 11.3 Å². The zero-order chi connectivity index (χ0) is 20.4. The molecule has 0 unspecified atom stereocenters. The van der Waals surface area contributed by atoms with Gasteiger partial charge >= 0.3 is 6.09 Å². The Morgan fingerprint density at radius 1 is 1.28 bits per heavy atom. The largest absolute Gasteiger partial charge is 0.444 e. The Hall–Kier alpha value is -3.23. The molecule has 3 aromatic rings. The summed E-state index contributed by atoms with van der Waals surface area (Å²) in [7, 11) is 0. The van der Waals surface area contributed by atoms with Crippen LogP contribution in [-0.4, -0.2) is 48.3 Å². The van der Waals surface area contributed by atoms with Crippen molar-refractivity contribution in [1.82, 2.24) is 30.0 Å². The molecule has 3 heterocycles. The molecule has 1 aliphatic heterocycles. The van der Waals surface area contributed by atoms with Crippen LogP contribution in [0.5, 0.6) is 0 Å². The smallest absolute Gasteiger partial charge is 0.410 e. The van der Waals surface area contributed by atoms with Gasteiger partial charge in [-0.05, 0) is 33.6 Å². The van der Waals surface area contributed by atoms with Gasteiger partial charge in [-0.15, -0.1) is 5.10 Å². The maximum atomic E-state index is 12.5. The van der Waals surface area contributed by atoms with E-state index in [1.165, 1.54) is 0 Å². The third-order valence-corrected chi connectivity index (χ3v) is 4.57. The summed E-state index contributed by atoms with van der Waals surface area (Å²) in [5.74, 6) is 0.910. The summed E-state index contributed by atoms with van der Waals surface area (Å²) in [4.78, 5) is 18.6. The lowest BCUT2D eigenvalue weighted by atomic mass is 10.2. The van der Waals surface area contributed by atoms with E-state index in [2.05, 4.69) is 20.5 Å². The Morgan fingerprint density at radius 3 is 2.83 bits per heavy atom. The molecule has 9 nitrogen and oxygen atoms in total. The van der Waals surface area contributed by atoms with Crippen molar-refractivity contribution in [3.63, 3.8) is 0 Å². The number of ether oxygens (including phenoxy) is 1. The lowest BCUT2D eigenvalue weighted by Gasteiger charge is -2.27. The number of likely N-dealkylation sites (tertiary alicyclic amines) is 1. The number of rotatable bonds is 4. The van der Waals surface area contributed by atoms with E-state index in [1.807, 2.05) is 57.3 Å². The van der Waals surface area contributed by atoms with Crippen molar-refractivity contribution >= 4 is 6.09 Å². The minimum Gasteiger partial charge on any atom is -0.444 e. The summed E-state index contributed by atoms with van der Waals surface area (Å²) < 4.78 is 12.5. The highest BCUT2D eigenvalue weighted by molar-refractivity contribution is 5.69. The van der Waals surface area contributed by atoms with Crippen LogP contribution in [0.2, 0.25) is 0 Å². The first-order valence-corrected chi connectivity index (χ1v) is 9.67.